The Hall–Kier alpha value is -2.10. The highest BCUT2D eigenvalue weighted by molar-refractivity contribution is 7.94. The minimum absolute atomic E-state index is 0.109. The van der Waals surface area contributed by atoms with Gasteiger partial charge in [-0.25, -0.2) is 13.4 Å². The number of hydrogen-bond acceptors (Lipinski definition) is 8. The average Bonchev–Trinajstić information content (AvgIpc) is 3.18. The molecule has 1 aliphatic rings. The highest BCUT2D eigenvalue weighted by atomic mass is 32.2. The number of sulfone groups is 1. The molecule has 0 bridgehead atoms. The first-order chi connectivity index (χ1) is 12.0. The van der Waals surface area contributed by atoms with Gasteiger partial charge in [0.2, 0.25) is 0 Å². The molecule has 1 atom stereocenters. The molecule has 0 radical (unpaired) electrons. The van der Waals surface area contributed by atoms with Crippen molar-refractivity contribution < 1.29 is 17.9 Å². The maximum absolute atomic E-state index is 11.4. The molecular formula is C16H19N3O4S2. The molecule has 0 saturated heterocycles. The van der Waals surface area contributed by atoms with E-state index in [1.165, 1.54) is 16.7 Å². The maximum Gasteiger partial charge on any atom is 0.187 e. The molecule has 9 heteroatoms. The summed E-state index contributed by atoms with van der Waals surface area (Å²) in [6, 6.07) is 5.34. The third-order valence-corrected chi connectivity index (χ3v) is 5.98. The van der Waals surface area contributed by atoms with E-state index in [-0.39, 0.29) is 11.8 Å². The molecule has 3 rings (SSSR count). The molecule has 2 N–H and O–H groups in total. The number of thiazole rings is 1. The van der Waals surface area contributed by atoms with Crippen molar-refractivity contribution in [1.82, 2.24) is 10.3 Å². The van der Waals surface area contributed by atoms with Gasteiger partial charge in [-0.2, -0.15) is 0 Å². The molecule has 134 valence electrons. The number of nitrogens with one attached hydrogen (secondary N) is 2. The number of nitrogens with zero attached hydrogens (tertiary/aromatic N) is 1. The van der Waals surface area contributed by atoms with Gasteiger partial charge in [0.05, 0.1) is 25.7 Å². The molecule has 1 aromatic carbocycles. The Bertz CT molecular complexity index is 877. The minimum Gasteiger partial charge on any atom is -0.497 e. The first-order valence-corrected chi connectivity index (χ1v) is 10.1. The Kier molecular flexibility index (Phi) is 5.26. The van der Waals surface area contributed by atoms with Gasteiger partial charge in [-0.05, 0) is 12.1 Å². The Morgan fingerprint density at radius 1 is 1.32 bits per heavy atom. The summed E-state index contributed by atoms with van der Waals surface area (Å²) in [5.74, 6) is 1.52. The number of rotatable bonds is 7. The number of hydrogen-bond donors (Lipinski definition) is 2. The minimum atomic E-state index is -3.04. The van der Waals surface area contributed by atoms with Crippen LogP contribution in [0.15, 0.2) is 35.9 Å². The van der Waals surface area contributed by atoms with E-state index in [4.69, 9.17) is 9.47 Å². The smallest absolute Gasteiger partial charge is 0.187 e. The van der Waals surface area contributed by atoms with E-state index < -0.39 is 9.84 Å². The standard InChI is InChI=1S/C16H19N3O4S2/c1-22-12-3-4-15(23-2)14(7-12)19-16-18-9-13(24-16)8-17-11-5-6-25(20,21)10-11/h3-7,9,11,17H,8,10H2,1-2H3,(H,18,19). The molecule has 2 aromatic rings. The molecule has 1 aliphatic heterocycles. The van der Waals surface area contributed by atoms with Crippen molar-refractivity contribution in [3.8, 4) is 11.5 Å². The molecule has 0 amide bonds. The first-order valence-electron chi connectivity index (χ1n) is 7.57. The highest BCUT2D eigenvalue weighted by Gasteiger charge is 2.21. The van der Waals surface area contributed by atoms with Crippen LogP contribution in [0.3, 0.4) is 0 Å². The van der Waals surface area contributed by atoms with Crippen molar-refractivity contribution in [3.05, 3.63) is 40.8 Å². The van der Waals surface area contributed by atoms with Crippen molar-refractivity contribution in [1.29, 1.82) is 0 Å². The van der Waals surface area contributed by atoms with Crippen LogP contribution in [0.1, 0.15) is 4.88 Å². The van der Waals surface area contributed by atoms with Crippen LogP contribution in [-0.2, 0) is 16.4 Å². The van der Waals surface area contributed by atoms with Crippen LogP contribution >= 0.6 is 11.3 Å². The van der Waals surface area contributed by atoms with E-state index in [0.29, 0.717) is 12.3 Å². The van der Waals surface area contributed by atoms with Gasteiger partial charge in [0.15, 0.2) is 15.0 Å². The zero-order valence-electron chi connectivity index (χ0n) is 13.9. The molecule has 2 heterocycles. The molecule has 0 spiro atoms. The summed E-state index contributed by atoms with van der Waals surface area (Å²) < 4.78 is 33.4. The lowest BCUT2D eigenvalue weighted by Crippen LogP contribution is -2.29. The van der Waals surface area contributed by atoms with Crippen molar-refractivity contribution in [2.24, 2.45) is 0 Å². The topological polar surface area (TPSA) is 89.6 Å². The second-order valence-corrected chi connectivity index (χ2v) is 8.51. The highest BCUT2D eigenvalue weighted by Crippen LogP contribution is 2.32. The third-order valence-electron chi connectivity index (χ3n) is 3.67. The van der Waals surface area contributed by atoms with E-state index in [1.54, 1.807) is 26.5 Å². The van der Waals surface area contributed by atoms with E-state index in [1.807, 2.05) is 18.2 Å². The number of anilines is 2. The van der Waals surface area contributed by atoms with Gasteiger partial charge in [0.1, 0.15) is 11.5 Å². The van der Waals surface area contributed by atoms with Gasteiger partial charge in [0.25, 0.3) is 0 Å². The fraction of sp³-hybridized carbons (Fsp3) is 0.312. The van der Waals surface area contributed by atoms with E-state index in [9.17, 15) is 8.42 Å². The number of benzene rings is 1. The summed E-state index contributed by atoms with van der Waals surface area (Å²) in [5, 5.41) is 8.41. The predicted octanol–water partition coefficient (Wildman–Crippen LogP) is 2.30. The Morgan fingerprint density at radius 2 is 2.16 bits per heavy atom. The lowest BCUT2D eigenvalue weighted by Gasteiger charge is -2.10. The maximum atomic E-state index is 11.4. The number of ether oxygens (including phenoxy) is 2. The van der Waals surface area contributed by atoms with E-state index >= 15 is 0 Å². The van der Waals surface area contributed by atoms with Crippen LogP contribution in [0.4, 0.5) is 10.8 Å². The Labute approximate surface area is 150 Å². The van der Waals surface area contributed by atoms with Crippen LogP contribution < -0.4 is 20.1 Å². The molecule has 7 nitrogen and oxygen atoms in total. The Morgan fingerprint density at radius 3 is 2.84 bits per heavy atom. The summed E-state index contributed by atoms with van der Waals surface area (Å²) in [7, 11) is 0.169. The van der Waals surface area contributed by atoms with E-state index in [0.717, 1.165) is 21.4 Å². The zero-order valence-corrected chi connectivity index (χ0v) is 15.5. The van der Waals surface area contributed by atoms with Crippen LogP contribution in [-0.4, -0.2) is 39.4 Å². The summed E-state index contributed by atoms with van der Waals surface area (Å²) in [5.41, 5.74) is 0.764. The first kappa shape index (κ1) is 17.7. The third kappa shape index (κ3) is 4.50. The average molecular weight is 381 g/mol. The van der Waals surface area contributed by atoms with Crippen molar-refractivity contribution in [2.45, 2.75) is 12.6 Å². The van der Waals surface area contributed by atoms with Crippen LogP contribution in [0, 0.1) is 0 Å². The van der Waals surface area contributed by atoms with Crippen molar-refractivity contribution in [2.75, 3.05) is 25.3 Å². The van der Waals surface area contributed by atoms with Gasteiger partial charge < -0.3 is 20.1 Å². The quantitative estimate of drug-likeness (QED) is 0.761. The van der Waals surface area contributed by atoms with Gasteiger partial charge in [-0.3, -0.25) is 0 Å². The molecule has 0 saturated carbocycles. The summed E-state index contributed by atoms with van der Waals surface area (Å²) in [4.78, 5) is 5.35. The van der Waals surface area contributed by atoms with Crippen LogP contribution in [0.25, 0.3) is 0 Å². The molecular weight excluding hydrogens is 362 g/mol. The fourth-order valence-electron chi connectivity index (χ4n) is 2.41. The molecule has 25 heavy (non-hydrogen) atoms. The van der Waals surface area contributed by atoms with Gasteiger partial charge >= 0.3 is 0 Å². The predicted molar refractivity (Wildman–Crippen MR) is 98.5 cm³/mol. The van der Waals surface area contributed by atoms with E-state index in [2.05, 4.69) is 15.6 Å². The normalized spacial score (nSPS) is 18.2. The molecule has 0 fully saturated rings. The second-order valence-electron chi connectivity index (χ2n) is 5.47. The molecule has 0 aliphatic carbocycles. The fourth-order valence-corrected chi connectivity index (χ4v) is 4.45. The monoisotopic (exact) mass is 381 g/mol. The lowest BCUT2D eigenvalue weighted by atomic mass is 10.2. The Balaban J connectivity index is 1.63. The second kappa shape index (κ2) is 7.42. The molecule has 1 unspecified atom stereocenters. The number of aromatic nitrogens is 1. The summed E-state index contributed by atoms with van der Waals surface area (Å²) in [6.07, 6.45) is 3.44. The van der Waals surface area contributed by atoms with Gasteiger partial charge in [-0.15, -0.1) is 11.3 Å². The molecule has 1 aromatic heterocycles. The van der Waals surface area contributed by atoms with Gasteiger partial charge in [0, 0.05) is 35.1 Å². The number of methoxy groups -OCH3 is 2. The largest absolute Gasteiger partial charge is 0.497 e. The zero-order chi connectivity index (χ0) is 17.9. The summed E-state index contributed by atoms with van der Waals surface area (Å²) in [6.45, 7) is 0.555. The van der Waals surface area contributed by atoms with Crippen LogP contribution in [0.2, 0.25) is 0 Å². The lowest BCUT2D eigenvalue weighted by molar-refractivity contribution is 0.405. The van der Waals surface area contributed by atoms with Crippen molar-refractivity contribution in [3.63, 3.8) is 0 Å². The summed E-state index contributed by atoms with van der Waals surface area (Å²) >= 11 is 1.49. The SMILES string of the molecule is COc1ccc(OC)c(Nc2ncc(CNC3C=CS(=O)(=O)C3)s2)c1. The van der Waals surface area contributed by atoms with Gasteiger partial charge in [-0.1, -0.05) is 6.08 Å². The van der Waals surface area contributed by atoms with Crippen LogP contribution in [0.5, 0.6) is 11.5 Å². The van der Waals surface area contributed by atoms with Crippen molar-refractivity contribution >= 4 is 32.0 Å².